The summed E-state index contributed by atoms with van der Waals surface area (Å²) >= 11 is 0. The predicted octanol–water partition coefficient (Wildman–Crippen LogP) is 2.14. The van der Waals surface area contributed by atoms with Crippen LogP contribution in [0.4, 0.5) is 0 Å². The molecular formula is C18H28N2O2. The molecule has 22 heavy (non-hydrogen) atoms. The van der Waals surface area contributed by atoms with Crippen LogP contribution in [0.25, 0.3) is 0 Å². The van der Waals surface area contributed by atoms with Gasteiger partial charge in [0, 0.05) is 38.8 Å². The molecule has 2 fully saturated rings. The largest absolute Gasteiger partial charge is 0.379 e. The lowest BCUT2D eigenvalue weighted by molar-refractivity contribution is 0.0321. The summed E-state index contributed by atoms with van der Waals surface area (Å²) in [6.45, 7) is 8.89. The van der Waals surface area contributed by atoms with E-state index in [1.807, 2.05) is 0 Å². The first-order valence-electron chi connectivity index (χ1n) is 8.53. The number of nitrogens with zero attached hydrogens (tertiary/aromatic N) is 1. The van der Waals surface area contributed by atoms with Crippen LogP contribution in [0, 0.1) is 6.92 Å². The fourth-order valence-corrected chi connectivity index (χ4v) is 3.37. The average Bonchev–Trinajstić information content (AvgIpc) is 3.06. The first kappa shape index (κ1) is 15.9. The summed E-state index contributed by atoms with van der Waals surface area (Å²) in [6, 6.07) is 9.08. The van der Waals surface area contributed by atoms with Gasteiger partial charge in [-0.3, -0.25) is 4.90 Å². The highest BCUT2D eigenvalue weighted by molar-refractivity contribution is 5.29. The van der Waals surface area contributed by atoms with Gasteiger partial charge in [-0.25, -0.2) is 0 Å². The Labute approximate surface area is 133 Å². The molecular weight excluding hydrogens is 276 g/mol. The number of hydrogen-bond acceptors (Lipinski definition) is 4. The summed E-state index contributed by atoms with van der Waals surface area (Å²) in [4.78, 5) is 2.50. The van der Waals surface area contributed by atoms with Gasteiger partial charge < -0.3 is 14.8 Å². The third kappa shape index (κ3) is 4.29. The summed E-state index contributed by atoms with van der Waals surface area (Å²) in [6.07, 6.45) is 2.77. The van der Waals surface area contributed by atoms with Gasteiger partial charge in [0.15, 0.2) is 0 Å². The van der Waals surface area contributed by atoms with E-state index in [0.29, 0.717) is 12.1 Å². The molecule has 2 saturated heterocycles. The molecule has 0 bridgehead atoms. The van der Waals surface area contributed by atoms with Crippen LogP contribution in [-0.2, 0) is 9.47 Å². The van der Waals surface area contributed by atoms with Crippen LogP contribution < -0.4 is 5.32 Å². The highest BCUT2D eigenvalue weighted by Crippen LogP contribution is 2.20. The third-order valence-electron chi connectivity index (χ3n) is 4.72. The molecule has 0 saturated carbocycles. The van der Waals surface area contributed by atoms with E-state index in [9.17, 15) is 0 Å². The second-order valence-corrected chi connectivity index (χ2v) is 6.37. The summed E-state index contributed by atoms with van der Waals surface area (Å²) in [7, 11) is 0. The number of ether oxygens (including phenoxy) is 2. The minimum Gasteiger partial charge on any atom is -0.379 e. The van der Waals surface area contributed by atoms with Crippen molar-refractivity contribution in [3.63, 3.8) is 0 Å². The first-order chi connectivity index (χ1) is 10.8. The molecule has 0 aliphatic carbocycles. The number of aryl methyl sites for hydroxylation is 1. The highest BCUT2D eigenvalue weighted by Gasteiger charge is 2.22. The van der Waals surface area contributed by atoms with Crippen molar-refractivity contribution in [1.29, 1.82) is 0 Å². The number of rotatable bonds is 6. The summed E-state index contributed by atoms with van der Waals surface area (Å²) < 4.78 is 11.2. The van der Waals surface area contributed by atoms with Gasteiger partial charge in [0.25, 0.3) is 0 Å². The number of morpholine rings is 1. The van der Waals surface area contributed by atoms with Gasteiger partial charge in [0.2, 0.25) is 0 Å². The van der Waals surface area contributed by atoms with Gasteiger partial charge in [-0.2, -0.15) is 0 Å². The summed E-state index contributed by atoms with van der Waals surface area (Å²) in [5.41, 5.74) is 2.77. The van der Waals surface area contributed by atoms with E-state index in [-0.39, 0.29) is 0 Å². The maximum atomic E-state index is 5.76. The standard InChI is InChI=1S/C18H28N2O2/c1-15-5-2-3-7-17(15)18(14-20-8-11-21-12-9-20)19-13-16-6-4-10-22-16/h2-3,5,7,16,18-19H,4,6,8-14H2,1H3. The molecule has 2 heterocycles. The lowest BCUT2D eigenvalue weighted by Gasteiger charge is -2.32. The van der Waals surface area contributed by atoms with E-state index in [2.05, 4.69) is 41.4 Å². The molecule has 2 aliphatic rings. The van der Waals surface area contributed by atoms with Crippen molar-refractivity contribution in [2.24, 2.45) is 0 Å². The van der Waals surface area contributed by atoms with E-state index in [4.69, 9.17) is 9.47 Å². The number of hydrogen-bond donors (Lipinski definition) is 1. The normalized spacial score (nSPS) is 24.5. The van der Waals surface area contributed by atoms with Crippen LogP contribution in [0.1, 0.15) is 30.0 Å². The molecule has 0 amide bonds. The maximum Gasteiger partial charge on any atom is 0.0700 e. The Bertz CT molecular complexity index is 454. The Kier molecular flexibility index (Phi) is 5.84. The van der Waals surface area contributed by atoms with Crippen molar-refractivity contribution in [2.75, 3.05) is 46.0 Å². The third-order valence-corrected chi connectivity index (χ3v) is 4.72. The molecule has 3 rings (SSSR count). The Hall–Kier alpha value is -0.940. The van der Waals surface area contributed by atoms with E-state index in [1.165, 1.54) is 24.0 Å². The zero-order valence-electron chi connectivity index (χ0n) is 13.6. The van der Waals surface area contributed by atoms with Crippen molar-refractivity contribution in [3.05, 3.63) is 35.4 Å². The van der Waals surface area contributed by atoms with Gasteiger partial charge in [0.1, 0.15) is 0 Å². The van der Waals surface area contributed by atoms with Gasteiger partial charge in [-0.05, 0) is 30.9 Å². The molecule has 1 N–H and O–H groups in total. The van der Waals surface area contributed by atoms with Crippen molar-refractivity contribution < 1.29 is 9.47 Å². The Balaban J connectivity index is 1.65. The SMILES string of the molecule is Cc1ccccc1C(CN1CCOCC1)NCC1CCCO1. The molecule has 1 aromatic carbocycles. The summed E-state index contributed by atoms with van der Waals surface area (Å²) in [5, 5.41) is 3.76. The van der Waals surface area contributed by atoms with Crippen molar-refractivity contribution in [1.82, 2.24) is 10.2 Å². The zero-order chi connectivity index (χ0) is 15.2. The number of benzene rings is 1. The van der Waals surface area contributed by atoms with E-state index < -0.39 is 0 Å². The van der Waals surface area contributed by atoms with Crippen molar-refractivity contribution >= 4 is 0 Å². The molecule has 0 radical (unpaired) electrons. The minimum absolute atomic E-state index is 0.364. The van der Waals surface area contributed by atoms with Gasteiger partial charge >= 0.3 is 0 Å². The van der Waals surface area contributed by atoms with Crippen LogP contribution in [0.5, 0.6) is 0 Å². The predicted molar refractivity (Wildman–Crippen MR) is 88.2 cm³/mol. The average molecular weight is 304 g/mol. The van der Waals surface area contributed by atoms with Crippen LogP contribution >= 0.6 is 0 Å². The van der Waals surface area contributed by atoms with Crippen LogP contribution in [0.15, 0.2) is 24.3 Å². The van der Waals surface area contributed by atoms with Gasteiger partial charge in [-0.15, -0.1) is 0 Å². The Morgan fingerprint density at radius 2 is 2.05 bits per heavy atom. The zero-order valence-corrected chi connectivity index (χ0v) is 13.6. The van der Waals surface area contributed by atoms with Crippen LogP contribution in [-0.4, -0.2) is 57.0 Å². The van der Waals surface area contributed by atoms with Crippen molar-refractivity contribution in [3.8, 4) is 0 Å². The lowest BCUT2D eigenvalue weighted by Crippen LogP contribution is -2.43. The molecule has 122 valence electrons. The van der Waals surface area contributed by atoms with Crippen LogP contribution in [0.3, 0.4) is 0 Å². The monoisotopic (exact) mass is 304 g/mol. The molecule has 0 aromatic heterocycles. The minimum atomic E-state index is 0.364. The van der Waals surface area contributed by atoms with Crippen LogP contribution in [0.2, 0.25) is 0 Å². The lowest BCUT2D eigenvalue weighted by atomic mass is 10.00. The maximum absolute atomic E-state index is 5.76. The molecule has 4 heteroatoms. The molecule has 4 nitrogen and oxygen atoms in total. The van der Waals surface area contributed by atoms with E-state index in [0.717, 1.165) is 46.0 Å². The molecule has 2 aliphatic heterocycles. The fourth-order valence-electron chi connectivity index (χ4n) is 3.37. The second-order valence-electron chi connectivity index (χ2n) is 6.37. The van der Waals surface area contributed by atoms with Gasteiger partial charge in [0.05, 0.1) is 19.3 Å². The smallest absolute Gasteiger partial charge is 0.0700 e. The topological polar surface area (TPSA) is 33.7 Å². The fraction of sp³-hybridized carbons (Fsp3) is 0.667. The Morgan fingerprint density at radius 1 is 1.23 bits per heavy atom. The number of nitrogens with one attached hydrogen (secondary N) is 1. The molecule has 0 spiro atoms. The van der Waals surface area contributed by atoms with Crippen molar-refractivity contribution in [2.45, 2.75) is 31.9 Å². The quantitative estimate of drug-likeness (QED) is 0.873. The first-order valence-corrected chi connectivity index (χ1v) is 8.53. The second kappa shape index (κ2) is 8.06. The molecule has 1 aromatic rings. The highest BCUT2D eigenvalue weighted by atomic mass is 16.5. The van der Waals surface area contributed by atoms with Gasteiger partial charge in [-0.1, -0.05) is 24.3 Å². The summed E-state index contributed by atoms with van der Waals surface area (Å²) in [5.74, 6) is 0. The Morgan fingerprint density at radius 3 is 2.77 bits per heavy atom. The molecule has 2 atom stereocenters. The molecule has 2 unspecified atom stereocenters. The van der Waals surface area contributed by atoms with E-state index >= 15 is 0 Å². The van der Waals surface area contributed by atoms with E-state index in [1.54, 1.807) is 0 Å².